The summed E-state index contributed by atoms with van der Waals surface area (Å²) in [7, 11) is 0. The Morgan fingerprint density at radius 2 is 2.18 bits per heavy atom. The van der Waals surface area contributed by atoms with Crippen LogP contribution in [0.4, 0.5) is 0 Å². The molecule has 1 aliphatic heterocycles. The molecule has 0 spiro atoms. The number of benzene rings is 1. The Bertz CT molecular complexity index is 283. The van der Waals surface area contributed by atoms with Gasteiger partial charge in [-0.25, -0.2) is 0 Å². The van der Waals surface area contributed by atoms with E-state index in [1.54, 1.807) is 0 Å². The average Bonchev–Trinajstić information content (AvgIpc) is 2.31. The van der Waals surface area contributed by atoms with Crippen molar-refractivity contribution in [1.82, 2.24) is 5.06 Å². The van der Waals surface area contributed by atoms with Crippen LogP contribution in [0, 0.1) is 6.92 Å². The van der Waals surface area contributed by atoms with E-state index in [1.807, 2.05) is 6.07 Å². The predicted octanol–water partition coefficient (Wildman–Crippen LogP) is 1.70. The molecule has 2 heteroatoms. The summed E-state index contributed by atoms with van der Waals surface area (Å²) >= 11 is 0. The molecule has 2 nitrogen and oxygen atoms in total. The number of nitrogens with zero attached hydrogens (tertiary/aromatic N) is 1. The minimum Gasteiger partial charge on any atom is -0.313 e. The minimum absolute atomic E-state index is 0.678. The highest BCUT2D eigenvalue weighted by atomic mass is 16.5. The molecular weight excluding hydrogens is 138 g/mol. The fraction of sp³-hybridized carbons (Fsp3) is 0.333. The van der Waals surface area contributed by atoms with E-state index < -0.39 is 0 Å². The van der Waals surface area contributed by atoms with Crippen LogP contribution in [0.1, 0.15) is 16.7 Å². The zero-order chi connectivity index (χ0) is 7.84. The van der Waals surface area contributed by atoms with Gasteiger partial charge in [0.2, 0.25) is 0 Å². The number of hydrogen-bond donors (Lipinski definition) is 1. The molecule has 0 atom stereocenters. The van der Waals surface area contributed by atoms with Crippen molar-refractivity contribution in [2.45, 2.75) is 20.0 Å². The van der Waals surface area contributed by atoms with Crippen molar-refractivity contribution in [3.8, 4) is 0 Å². The molecule has 1 aromatic carbocycles. The molecule has 0 aromatic heterocycles. The number of hydroxylamine groups is 2. The molecule has 1 N–H and O–H groups in total. The van der Waals surface area contributed by atoms with Gasteiger partial charge in [0.15, 0.2) is 0 Å². The lowest BCUT2D eigenvalue weighted by molar-refractivity contribution is -0.0970. The van der Waals surface area contributed by atoms with Crippen LogP contribution in [0.5, 0.6) is 0 Å². The maximum Gasteiger partial charge on any atom is 0.0498 e. The summed E-state index contributed by atoms with van der Waals surface area (Å²) < 4.78 is 0. The van der Waals surface area contributed by atoms with Crippen molar-refractivity contribution in [1.29, 1.82) is 0 Å². The van der Waals surface area contributed by atoms with Gasteiger partial charge in [-0.2, -0.15) is 5.06 Å². The molecule has 0 radical (unpaired) electrons. The molecule has 1 heterocycles. The number of hydrogen-bond acceptors (Lipinski definition) is 2. The number of aryl methyl sites for hydroxylation is 1. The predicted molar refractivity (Wildman–Crippen MR) is 42.2 cm³/mol. The Kier molecular flexibility index (Phi) is 1.44. The summed E-state index contributed by atoms with van der Waals surface area (Å²) in [5.41, 5.74) is 3.82. The van der Waals surface area contributed by atoms with Gasteiger partial charge in [-0.05, 0) is 23.6 Å². The van der Waals surface area contributed by atoms with Crippen molar-refractivity contribution >= 4 is 0 Å². The zero-order valence-electron chi connectivity index (χ0n) is 6.54. The highest BCUT2D eigenvalue weighted by Gasteiger charge is 2.17. The first-order valence-electron chi connectivity index (χ1n) is 3.78. The molecule has 0 bridgehead atoms. The summed E-state index contributed by atoms with van der Waals surface area (Å²) in [4.78, 5) is 0. The first kappa shape index (κ1) is 6.83. The Hall–Kier alpha value is -0.860. The monoisotopic (exact) mass is 149 g/mol. The van der Waals surface area contributed by atoms with Crippen LogP contribution >= 0.6 is 0 Å². The van der Waals surface area contributed by atoms with Gasteiger partial charge < -0.3 is 5.21 Å². The maximum atomic E-state index is 9.21. The Morgan fingerprint density at radius 3 is 2.91 bits per heavy atom. The lowest BCUT2D eigenvalue weighted by Crippen LogP contribution is -2.08. The first-order valence-corrected chi connectivity index (χ1v) is 3.78. The van der Waals surface area contributed by atoms with Crippen molar-refractivity contribution in [3.05, 3.63) is 34.9 Å². The standard InChI is InChI=1S/C9H11NO/c1-7-3-2-4-8-5-10(11)6-9(7)8/h2-4,11H,5-6H2,1H3. The van der Waals surface area contributed by atoms with Crippen molar-refractivity contribution in [3.63, 3.8) is 0 Å². The van der Waals surface area contributed by atoms with E-state index >= 15 is 0 Å². The third-order valence-corrected chi connectivity index (χ3v) is 2.20. The second kappa shape index (κ2) is 2.32. The van der Waals surface area contributed by atoms with Crippen LogP contribution in [0.2, 0.25) is 0 Å². The molecule has 1 aliphatic rings. The van der Waals surface area contributed by atoms with Gasteiger partial charge in [-0.3, -0.25) is 0 Å². The van der Waals surface area contributed by atoms with Crippen molar-refractivity contribution < 1.29 is 5.21 Å². The van der Waals surface area contributed by atoms with Crippen LogP contribution in [0.25, 0.3) is 0 Å². The first-order chi connectivity index (χ1) is 5.27. The van der Waals surface area contributed by atoms with Crippen LogP contribution in [0.15, 0.2) is 18.2 Å². The fourth-order valence-corrected chi connectivity index (χ4v) is 1.57. The molecular formula is C9H11NO. The average molecular weight is 149 g/mol. The van der Waals surface area contributed by atoms with E-state index in [9.17, 15) is 5.21 Å². The van der Waals surface area contributed by atoms with Gasteiger partial charge in [0.25, 0.3) is 0 Å². The smallest absolute Gasteiger partial charge is 0.0498 e. The van der Waals surface area contributed by atoms with E-state index in [4.69, 9.17) is 0 Å². The van der Waals surface area contributed by atoms with E-state index in [2.05, 4.69) is 19.1 Å². The minimum atomic E-state index is 0.678. The van der Waals surface area contributed by atoms with E-state index in [0.29, 0.717) is 13.1 Å². The summed E-state index contributed by atoms with van der Waals surface area (Å²) in [6.45, 7) is 3.44. The molecule has 0 saturated heterocycles. The van der Waals surface area contributed by atoms with E-state index in [1.165, 1.54) is 21.8 Å². The lowest BCUT2D eigenvalue weighted by atomic mass is 10.1. The van der Waals surface area contributed by atoms with Gasteiger partial charge in [-0.15, -0.1) is 0 Å². The SMILES string of the molecule is Cc1cccc2c1CN(O)C2. The lowest BCUT2D eigenvalue weighted by Gasteiger charge is -2.01. The van der Waals surface area contributed by atoms with Gasteiger partial charge in [0.05, 0.1) is 0 Å². The third-order valence-electron chi connectivity index (χ3n) is 2.20. The summed E-state index contributed by atoms with van der Waals surface area (Å²) in [6, 6.07) is 6.18. The number of rotatable bonds is 0. The molecule has 0 saturated carbocycles. The second-order valence-electron chi connectivity index (χ2n) is 3.04. The Balaban J connectivity index is 2.49. The topological polar surface area (TPSA) is 23.5 Å². The van der Waals surface area contributed by atoms with Gasteiger partial charge in [0.1, 0.15) is 0 Å². The summed E-state index contributed by atoms with van der Waals surface area (Å²) in [5, 5.41) is 10.6. The van der Waals surface area contributed by atoms with E-state index in [0.717, 1.165) is 0 Å². The highest BCUT2D eigenvalue weighted by Crippen LogP contribution is 2.23. The molecule has 1 aromatic rings. The highest BCUT2D eigenvalue weighted by molar-refractivity contribution is 5.36. The molecule has 0 fully saturated rings. The Labute approximate surface area is 66.0 Å². The van der Waals surface area contributed by atoms with Crippen LogP contribution < -0.4 is 0 Å². The van der Waals surface area contributed by atoms with Gasteiger partial charge in [0, 0.05) is 13.1 Å². The fourth-order valence-electron chi connectivity index (χ4n) is 1.57. The molecule has 2 rings (SSSR count). The maximum absolute atomic E-state index is 9.21. The van der Waals surface area contributed by atoms with Crippen LogP contribution in [0.3, 0.4) is 0 Å². The molecule has 11 heavy (non-hydrogen) atoms. The normalized spacial score (nSPS) is 16.9. The summed E-state index contributed by atoms with van der Waals surface area (Å²) in [5.74, 6) is 0. The van der Waals surface area contributed by atoms with E-state index in [-0.39, 0.29) is 0 Å². The zero-order valence-corrected chi connectivity index (χ0v) is 6.54. The van der Waals surface area contributed by atoms with Crippen molar-refractivity contribution in [2.24, 2.45) is 0 Å². The quantitative estimate of drug-likeness (QED) is 0.607. The molecule has 58 valence electrons. The molecule has 0 unspecified atom stereocenters. The molecule has 0 amide bonds. The molecule has 0 aliphatic carbocycles. The third kappa shape index (κ3) is 1.04. The van der Waals surface area contributed by atoms with Crippen LogP contribution in [-0.4, -0.2) is 10.3 Å². The summed E-state index contributed by atoms with van der Waals surface area (Å²) in [6.07, 6.45) is 0. The van der Waals surface area contributed by atoms with Crippen LogP contribution in [-0.2, 0) is 13.1 Å². The number of fused-ring (bicyclic) bond motifs is 1. The largest absolute Gasteiger partial charge is 0.313 e. The van der Waals surface area contributed by atoms with Crippen molar-refractivity contribution in [2.75, 3.05) is 0 Å². The Morgan fingerprint density at radius 1 is 1.36 bits per heavy atom. The second-order valence-corrected chi connectivity index (χ2v) is 3.04. The van der Waals surface area contributed by atoms with Gasteiger partial charge >= 0.3 is 0 Å². The van der Waals surface area contributed by atoms with Gasteiger partial charge in [-0.1, -0.05) is 18.2 Å².